The molecule has 0 aromatic carbocycles. The summed E-state index contributed by atoms with van der Waals surface area (Å²) in [4.78, 5) is 2.71. The highest BCUT2D eigenvalue weighted by atomic mass is 16.3. The number of aliphatic hydroxyl groups excluding tert-OH is 1. The van der Waals surface area contributed by atoms with Crippen LogP contribution in [0.4, 0.5) is 0 Å². The van der Waals surface area contributed by atoms with Gasteiger partial charge in [-0.1, -0.05) is 58.3 Å². The van der Waals surface area contributed by atoms with Gasteiger partial charge in [-0.15, -0.1) is 0 Å². The maximum absolute atomic E-state index is 10.3. The standard InChI is InChI=1S/C19H37NO/c1-2-3-4-5-6-7-10-15-20-16-11-13-18(20)17-12-8-9-14-19(17)21/h17-19,21H,2-16H2,1H3. The zero-order chi connectivity index (χ0) is 14.9. The minimum absolute atomic E-state index is 0.0154. The summed E-state index contributed by atoms with van der Waals surface area (Å²) in [6, 6.07) is 0.695. The van der Waals surface area contributed by atoms with Crippen molar-refractivity contribution < 1.29 is 5.11 Å². The highest BCUT2D eigenvalue weighted by Crippen LogP contribution is 2.34. The fraction of sp³-hybridized carbons (Fsp3) is 1.00. The predicted molar refractivity (Wildman–Crippen MR) is 90.6 cm³/mol. The van der Waals surface area contributed by atoms with Crippen LogP contribution in [0.5, 0.6) is 0 Å². The summed E-state index contributed by atoms with van der Waals surface area (Å²) in [5.74, 6) is 0.575. The highest BCUT2D eigenvalue weighted by molar-refractivity contribution is 4.90. The van der Waals surface area contributed by atoms with E-state index in [4.69, 9.17) is 0 Å². The second-order valence-corrected chi connectivity index (χ2v) is 7.38. The van der Waals surface area contributed by atoms with Gasteiger partial charge in [-0.05, 0) is 45.2 Å². The molecule has 3 unspecified atom stereocenters. The normalized spacial score (nSPS) is 30.9. The van der Waals surface area contributed by atoms with E-state index in [9.17, 15) is 5.11 Å². The molecule has 0 spiro atoms. The second kappa shape index (κ2) is 9.84. The van der Waals surface area contributed by atoms with Gasteiger partial charge in [0.2, 0.25) is 0 Å². The molecule has 1 aliphatic carbocycles. The fourth-order valence-corrected chi connectivity index (χ4v) is 4.48. The van der Waals surface area contributed by atoms with Crippen LogP contribution in [-0.2, 0) is 0 Å². The van der Waals surface area contributed by atoms with E-state index in [1.165, 1.54) is 90.1 Å². The molecule has 0 aromatic rings. The van der Waals surface area contributed by atoms with Crippen molar-refractivity contribution >= 4 is 0 Å². The van der Waals surface area contributed by atoms with Crippen molar-refractivity contribution in [2.24, 2.45) is 5.92 Å². The SMILES string of the molecule is CCCCCCCCCN1CCCC1C1CCCCC1O. The lowest BCUT2D eigenvalue weighted by Crippen LogP contribution is -2.42. The van der Waals surface area contributed by atoms with E-state index in [2.05, 4.69) is 11.8 Å². The van der Waals surface area contributed by atoms with Gasteiger partial charge >= 0.3 is 0 Å². The van der Waals surface area contributed by atoms with Crippen LogP contribution < -0.4 is 0 Å². The first-order chi connectivity index (χ1) is 10.3. The molecule has 2 nitrogen and oxygen atoms in total. The lowest BCUT2D eigenvalue weighted by molar-refractivity contribution is 0.0218. The Bertz CT molecular complexity index is 268. The molecule has 3 atom stereocenters. The van der Waals surface area contributed by atoms with Gasteiger partial charge in [-0.2, -0.15) is 0 Å². The molecule has 0 amide bonds. The minimum atomic E-state index is -0.0154. The van der Waals surface area contributed by atoms with Crippen LogP contribution >= 0.6 is 0 Å². The molecule has 1 N–H and O–H groups in total. The van der Waals surface area contributed by atoms with E-state index in [1.54, 1.807) is 0 Å². The quantitative estimate of drug-likeness (QED) is 0.620. The van der Waals surface area contributed by atoms with Crippen molar-refractivity contribution in [3.8, 4) is 0 Å². The summed E-state index contributed by atoms with van der Waals surface area (Å²) in [6.07, 6.45) is 17.4. The zero-order valence-electron chi connectivity index (χ0n) is 14.2. The molecule has 2 rings (SSSR count). The Morgan fingerprint density at radius 1 is 0.857 bits per heavy atom. The summed E-state index contributed by atoms with van der Waals surface area (Å²) in [5.41, 5.74) is 0. The topological polar surface area (TPSA) is 23.5 Å². The van der Waals surface area contributed by atoms with Crippen molar-refractivity contribution in [2.75, 3.05) is 13.1 Å². The van der Waals surface area contributed by atoms with Gasteiger partial charge in [0.05, 0.1) is 6.10 Å². The van der Waals surface area contributed by atoms with E-state index in [0.717, 1.165) is 6.42 Å². The fourth-order valence-electron chi connectivity index (χ4n) is 4.48. The maximum atomic E-state index is 10.3. The highest BCUT2D eigenvalue weighted by Gasteiger charge is 2.36. The number of rotatable bonds is 9. The maximum Gasteiger partial charge on any atom is 0.0583 e. The van der Waals surface area contributed by atoms with Crippen molar-refractivity contribution in [1.29, 1.82) is 0 Å². The zero-order valence-corrected chi connectivity index (χ0v) is 14.2. The Morgan fingerprint density at radius 3 is 2.33 bits per heavy atom. The summed E-state index contributed by atoms with van der Waals surface area (Å²) in [5, 5.41) is 10.3. The van der Waals surface area contributed by atoms with Crippen molar-refractivity contribution in [2.45, 2.75) is 103 Å². The molecule has 1 saturated carbocycles. The molecule has 2 aliphatic rings. The Morgan fingerprint density at radius 2 is 1.57 bits per heavy atom. The first-order valence-corrected chi connectivity index (χ1v) is 9.75. The molecule has 2 heteroatoms. The van der Waals surface area contributed by atoms with Gasteiger partial charge in [0, 0.05) is 12.0 Å². The third-order valence-electron chi connectivity index (χ3n) is 5.74. The Balaban J connectivity index is 1.63. The number of hydrogen-bond donors (Lipinski definition) is 1. The van der Waals surface area contributed by atoms with Crippen LogP contribution in [0.2, 0.25) is 0 Å². The predicted octanol–water partition coefficient (Wildman–Crippen LogP) is 4.75. The lowest BCUT2D eigenvalue weighted by atomic mass is 9.80. The van der Waals surface area contributed by atoms with Gasteiger partial charge in [0.1, 0.15) is 0 Å². The number of unbranched alkanes of at least 4 members (excludes halogenated alkanes) is 6. The van der Waals surface area contributed by atoms with Gasteiger partial charge < -0.3 is 10.0 Å². The molecular formula is C19H37NO. The van der Waals surface area contributed by atoms with Crippen LogP contribution in [0.15, 0.2) is 0 Å². The average molecular weight is 296 g/mol. The third kappa shape index (κ3) is 5.56. The van der Waals surface area contributed by atoms with Crippen LogP contribution in [0.25, 0.3) is 0 Å². The van der Waals surface area contributed by atoms with Crippen molar-refractivity contribution in [3.05, 3.63) is 0 Å². The molecule has 1 heterocycles. The molecule has 124 valence electrons. The summed E-state index contributed by atoms with van der Waals surface area (Å²) in [7, 11) is 0. The molecule has 0 radical (unpaired) electrons. The lowest BCUT2D eigenvalue weighted by Gasteiger charge is -2.37. The van der Waals surface area contributed by atoms with Gasteiger partial charge in [0.25, 0.3) is 0 Å². The second-order valence-electron chi connectivity index (χ2n) is 7.38. The van der Waals surface area contributed by atoms with Crippen molar-refractivity contribution in [1.82, 2.24) is 4.90 Å². The molecular weight excluding hydrogens is 258 g/mol. The number of likely N-dealkylation sites (tertiary alicyclic amines) is 1. The molecule has 1 saturated heterocycles. The van der Waals surface area contributed by atoms with Gasteiger partial charge in [0.15, 0.2) is 0 Å². The third-order valence-corrected chi connectivity index (χ3v) is 5.74. The van der Waals surface area contributed by atoms with E-state index >= 15 is 0 Å². The number of aliphatic hydroxyl groups is 1. The van der Waals surface area contributed by atoms with Gasteiger partial charge in [-0.3, -0.25) is 0 Å². The Hall–Kier alpha value is -0.0800. The molecule has 0 bridgehead atoms. The summed E-state index contributed by atoms with van der Waals surface area (Å²) >= 11 is 0. The smallest absolute Gasteiger partial charge is 0.0583 e. The van der Waals surface area contributed by atoms with E-state index in [1.807, 2.05) is 0 Å². The van der Waals surface area contributed by atoms with E-state index < -0.39 is 0 Å². The number of hydrogen-bond acceptors (Lipinski definition) is 2. The van der Waals surface area contributed by atoms with Crippen LogP contribution in [0.3, 0.4) is 0 Å². The average Bonchev–Trinajstić information content (AvgIpc) is 2.95. The molecule has 1 aliphatic heterocycles. The minimum Gasteiger partial charge on any atom is -0.393 e. The first kappa shape index (κ1) is 17.3. The van der Waals surface area contributed by atoms with Crippen LogP contribution in [-0.4, -0.2) is 35.2 Å². The van der Waals surface area contributed by atoms with Crippen LogP contribution in [0.1, 0.15) is 90.4 Å². The first-order valence-electron chi connectivity index (χ1n) is 9.75. The molecule has 0 aromatic heterocycles. The van der Waals surface area contributed by atoms with Crippen molar-refractivity contribution in [3.63, 3.8) is 0 Å². The van der Waals surface area contributed by atoms with Gasteiger partial charge in [-0.25, -0.2) is 0 Å². The molecule has 2 fully saturated rings. The summed E-state index contributed by atoms with van der Waals surface area (Å²) < 4.78 is 0. The number of nitrogens with zero attached hydrogens (tertiary/aromatic N) is 1. The Labute approximate surface area is 132 Å². The largest absolute Gasteiger partial charge is 0.393 e. The Kier molecular flexibility index (Phi) is 8.10. The van der Waals surface area contributed by atoms with E-state index in [0.29, 0.717) is 12.0 Å². The van der Waals surface area contributed by atoms with Crippen LogP contribution in [0, 0.1) is 5.92 Å². The molecule has 21 heavy (non-hydrogen) atoms. The monoisotopic (exact) mass is 295 g/mol. The van der Waals surface area contributed by atoms with E-state index in [-0.39, 0.29) is 6.10 Å². The summed E-state index contributed by atoms with van der Waals surface area (Å²) in [6.45, 7) is 4.85.